The topological polar surface area (TPSA) is 59.3 Å². The lowest BCUT2D eigenvalue weighted by atomic mass is 9.76. The van der Waals surface area contributed by atoms with E-state index in [2.05, 4.69) is 16.3 Å². The molecule has 3 rings (SSSR count). The Morgan fingerprint density at radius 2 is 1.91 bits per heavy atom. The lowest BCUT2D eigenvalue weighted by Gasteiger charge is -2.43. The van der Waals surface area contributed by atoms with E-state index in [1.165, 1.54) is 19.3 Å². The van der Waals surface area contributed by atoms with Crippen LogP contribution in [0.15, 0.2) is 18.2 Å². The summed E-state index contributed by atoms with van der Waals surface area (Å²) < 4.78 is 0. The molecule has 122 valence electrons. The maximum atomic E-state index is 10.4. The predicted molar refractivity (Wildman–Crippen MR) is 91.8 cm³/mol. The maximum absolute atomic E-state index is 10.4. The van der Waals surface area contributed by atoms with Crippen LogP contribution in [0.5, 0.6) is 5.75 Å². The fourth-order valence-corrected chi connectivity index (χ4v) is 3.35. The van der Waals surface area contributed by atoms with Crippen molar-refractivity contribution < 1.29 is 5.11 Å². The third kappa shape index (κ3) is 3.67. The molecule has 1 saturated carbocycles. The average molecular weight is 344 g/mol. The highest BCUT2D eigenvalue weighted by Gasteiger charge is 2.35. The molecule has 1 aliphatic carbocycles. The zero-order valence-corrected chi connectivity index (χ0v) is 14.1. The third-order valence-electron chi connectivity index (χ3n) is 4.65. The van der Waals surface area contributed by atoms with Crippen molar-refractivity contribution in [3.8, 4) is 11.8 Å². The Morgan fingerprint density at radius 1 is 1.23 bits per heavy atom. The maximum Gasteiger partial charge on any atom is 0.138 e. The molecule has 0 radical (unpaired) electrons. The van der Waals surface area contributed by atoms with Gasteiger partial charge in [0, 0.05) is 37.8 Å². The van der Waals surface area contributed by atoms with Crippen molar-refractivity contribution in [2.45, 2.75) is 25.3 Å². The summed E-state index contributed by atoms with van der Waals surface area (Å²) in [5.41, 5.74) is 1.33. The van der Waals surface area contributed by atoms with Gasteiger partial charge in [-0.1, -0.05) is 18.6 Å². The number of phenols is 1. The van der Waals surface area contributed by atoms with Gasteiger partial charge in [0.25, 0.3) is 0 Å². The van der Waals surface area contributed by atoms with Crippen LogP contribution < -0.4 is 5.32 Å². The first kappa shape index (κ1) is 19.1. The number of benzene rings is 1. The summed E-state index contributed by atoms with van der Waals surface area (Å²) in [6, 6.07) is 7.92. The van der Waals surface area contributed by atoms with E-state index < -0.39 is 0 Å². The second kappa shape index (κ2) is 8.59. The fourth-order valence-electron chi connectivity index (χ4n) is 3.35. The largest absolute Gasteiger partial charge is 0.506 e. The van der Waals surface area contributed by atoms with E-state index in [9.17, 15) is 5.11 Å². The van der Waals surface area contributed by atoms with Crippen LogP contribution in [0.2, 0.25) is 0 Å². The van der Waals surface area contributed by atoms with Gasteiger partial charge in [-0.3, -0.25) is 4.90 Å². The number of rotatable bonds is 3. The van der Waals surface area contributed by atoms with Crippen molar-refractivity contribution in [1.29, 1.82) is 5.26 Å². The first-order valence-corrected chi connectivity index (χ1v) is 7.48. The zero-order chi connectivity index (χ0) is 13.9. The second-order valence-corrected chi connectivity index (χ2v) is 5.78. The molecule has 1 aliphatic heterocycles. The Balaban J connectivity index is 0.00000121. The van der Waals surface area contributed by atoms with Gasteiger partial charge in [-0.2, -0.15) is 5.26 Å². The summed E-state index contributed by atoms with van der Waals surface area (Å²) in [5, 5.41) is 22.9. The van der Waals surface area contributed by atoms with E-state index in [0.717, 1.165) is 31.7 Å². The van der Waals surface area contributed by atoms with Crippen molar-refractivity contribution in [3.05, 3.63) is 29.3 Å². The number of para-hydroxylation sites is 1. The number of nitriles is 1. The summed E-state index contributed by atoms with van der Waals surface area (Å²) in [5.74, 6) is 0.804. The van der Waals surface area contributed by atoms with Crippen LogP contribution in [0.3, 0.4) is 0 Å². The number of nitrogens with one attached hydrogen (secondary N) is 1. The van der Waals surface area contributed by atoms with Crippen LogP contribution in [-0.4, -0.2) is 36.2 Å². The van der Waals surface area contributed by atoms with Crippen LogP contribution in [0.4, 0.5) is 0 Å². The molecule has 1 saturated heterocycles. The predicted octanol–water partition coefficient (Wildman–Crippen LogP) is 2.85. The van der Waals surface area contributed by atoms with Gasteiger partial charge in [0.15, 0.2) is 0 Å². The molecule has 1 heterocycles. The highest BCUT2D eigenvalue weighted by atomic mass is 35.5. The molecule has 0 spiro atoms. The number of aromatic hydroxyl groups is 1. The Labute approximate surface area is 144 Å². The summed E-state index contributed by atoms with van der Waals surface area (Å²) >= 11 is 0. The molecular weight excluding hydrogens is 321 g/mol. The second-order valence-electron chi connectivity index (χ2n) is 5.78. The van der Waals surface area contributed by atoms with E-state index in [1.807, 2.05) is 12.1 Å². The zero-order valence-electron chi connectivity index (χ0n) is 12.5. The quantitative estimate of drug-likeness (QED) is 0.885. The Bertz CT molecular complexity index is 523. The summed E-state index contributed by atoms with van der Waals surface area (Å²) in [6.45, 7) is 4.03. The number of piperazine rings is 1. The highest BCUT2D eigenvalue weighted by Crippen LogP contribution is 2.44. The van der Waals surface area contributed by atoms with E-state index in [-0.39, 0.29) is 36.6 Å². The van der Waals surface area contributed by atoms with Crippen molar-refractivity contribution in [2.24, 2.45) is 5.92 Å². The minimum absolute atomic E-state index is 0. The van der Waals surface area contributed by atoms with Crippen molar-refractivity contribution in [1.82, 2.24) is 10.2 Å². The Morgan fingerprint density at radius 3 is 2.45 bits per heavy atom. The van der Waals surface area contributed by atoms with Crippen molar-refractivity contribution >= 4 is 24.8 Å². The SMILES string of the molecule is Cl.Cl.N#Cc1cccc([C@@H](C2CCC2)N2CCNCC2)c1O. The molecule has 2 fully saturated rings. The molecule has 2 N–H and O–H groups in total. The molecular formula is C16H23Cl2N3O. The van der Waals surface area contributed by atoms with Gasteiger partial charge in [-0.05, 0) is 24.8 Å². The van der Waals surface area contributed by atoms with Crippen molar-refractivity contribution in [3.63, 3.8) is 0 Å². The molecule has 0 unspecified atom stereocenters. The van der Waals surface area contributed by atoms with E-state index in [4.69, 9.17) is 5.26 Å². The van der Waals surface area contributed by atoms with E-state index in [0.29, 0.717) is 11.5 Å². The molecule has 1 atom stereocenters. The van der Waals surface area contributed by atoms with Gasteiger partial charge in [0.1, 0.15) is 11.8 Å². The monoisotopic (exact) mass is 343 g/mol. The number of phenolic OH excluding ortho intramolecular Hbond substituents is 1. The fraction of sp³-hybridized carbons (Fsp3) is 0.562. The smallest absolute Gasteiger partial charge is 0.138 e. The van der Waals surface area contributed by atoms with Crippen LogP contribution >= 0.6 is 24.8 Å². The molecule has 6 heteroatoms. The molecule has 1 aromatic carbocycles. The van der Waals surface area contributed by atoms with Gasteiger partial charge < -0.3 is 10.4 Å². The van der Waals surface area contributed by atoms with Crippen molar-refractivity contribution in [2.75, 3.05) is 26.2 Å². The van der Waals surface area contributed by atoms with Gasteiger partial charge in [-0.25, -0.2) is 0 Å². The molecule has 2 aliphatic rings. The number of hydrogen-bond acceptors (Lipinski definition) is 4. The first-order valence-electron chi connectivity index (χ1n) is 7.48. The number of halogens is 2. The molecule has 1 aromatic rings. The molecule has 0 amide bonds. The van der Waals surface area contributed by atoms with Gasteiger partial charge >= 0.3 is 0 Å². The summed E-state index contributed by atoms with van der Waals surface area (Å²) in [6.07, 6.45) is 3.74. The van der Waals surface area contributed by atoms with Crippen LogP contribution in [0, 0.1) is 17.2 Å². The normalized spacial score (nSPS) is 20.0. The lowest BCUT2D eigenvalue weighted by Crippen LogP contribution is -2.47. The molecule has 22 heavy (non-hydrogen) atoms. The number of hydrogen-bond donors (Lipinski definition) is 2. The summed E-state index contributed by atoms with van der Waals surface area (Å²) in [4.78, 5) is 2.47. The molecule has 0 bridgehead atoms. The summed E-state index contributed by atoms with van der Waals surface area (Å²) in [7, 11) is 0. The average Bonchev–Trinajstić information content (AvgIpc) is 2.44. The van der Waals surface area contributed by atoms with Gasteiger partial charge in [0.05, 0.1) is 5.56 Å². The van der Waals surface area contributed by atoms with Crippen LogP contribution in [0.1, 0.15) is 36.4 Å². The Kier molecular flexibility index (Phi) is 7.44. The number of nitrogens with zero attached hydrogens (tertiary/aromatic N) is 2. The minimum atomic E-state index is 0. The standard InChI is InChI=1S/C16H21N3O.2ClH/c17-11-13-5-2-6-14(16(13)20)15(12-3-1-4-12)19-9-7-18-8-10-19;;/h2,5-6,12,15,18,20H,1,3-4,7-10H2;2*1H/t15-;;/m1../s1. The van der Waals surface area contributed by atoms with E-state index >= 15 is 0 Å². The highest BCUT2D eigenvalue weighted by molar-refractivity contribution is 5.85. The van der Waals surface area contributed by atoms with Gasteiger partial charge in [-0.15, -0.1) is 24.8 Å². The Hall–Kier alpha value is -0.990. The molecule has 0 aromatic heterocycles. The molecule has 4 nitrogen and oxygen atoms in total. The van der Waals surface area contributed by atoms with Crippen LogP contribution in [-0.2, 0) is 0 Å². The third-order valence-corrected chi connectivity index (χ3v) is 4.65. The first-order chi connectivity index (χ1) is 9.81. The van der Waals surface area contributed by atoms with E-state index in [1.54, 1.807) is 6.07 Å². The minimum Gasteiger partial charge on any atom is -0.506 e. The van der Waals surface area contributed by atoms with Gasteiger partial charge in [0.2, 0.25) is 0 Å². The van der Waals surface area contributed by atoms with Crippen LogP contribution in [0.25, 0.3) is 0 Å². The lowest BCUT2D eigenvalue weighted by molar-refractivity contribution is 0.0819.